The van der Waals surface area contributed by atoms with Crippen LogP contribution in [0.4, 0.5) is 0 Å². The first-order valence-electron chi connectivity index (χ1n) is 7.16. The fraction of sp³-hybridized carbons (Fsp3) is 0.438. The van der Waals surface area contributed by atoms with E-state index in [1.165, 1.54) is 16.9 Å². The number of benzene rings is 1. The van der Waals surface area contributed by atoms with Crippen LogP contribution in [-0.2, 0) is 12.1 Å². The Morgan fingerprint density at radius 3 is 2.95 bits per heavy atom. The van der Waals surface area contributed by atoms with Gasteiger partial charge in [0.1, 0.15) is 0 Å². The highest BCUT2D eigenvalue weighted by Crippen LogP contribution is 2.25. The maximum atomic E-state index is 4.18. The van der Waals surface area contributed by atoms with E-state index in [1.54, 1.807) is 11.3 Å². The third-order valence-electron chi connectivity index (χ3n) is 3.98. The molecule has 0 bridgehead atoms. The van der Waals surface area contributed by atoms with Crippen molar-refractivity contribution in [2.75, 3.05) is 19.6 Å². The van der Waals surface area contributed by atoms with Gasteiger partial charge in [-0.3, -0.25) is 9.88 Å². The molecule has 2 heterocycles. The van der Waals surface area contributed by atoms with Gasteiger partial charge in [0.25, 0.3) is 0 Å². The summed E-state index contributed by atoms with van der Waals surface area (Å²) in [6.07, 6.45) is 3.18. The molecule has 3 nitrogen and oxygen atoms in total. The van der Waals surface area contributed by atoms with Gasteiger partial charge in [-0.2, -0.15) is 0 Å². The zero-order valence-corrected chi connectivity index (χ0v) is 12.7. The van der Waals surface area contributed by atoms with Crippen LogP contribution in [0.5, 0.6) is 0 Å². The van der Waals surface area contributed by atoms with Gasteiger partial charge in [-0.25, -0.2) is 0 Å². The van der Waals surface area contributed by atoms with Crippen LogP contribution in [0.25, 0.3) is 0 Å². The molecule has 1 atom stereocenters. The van der Waals surface area contributed by atoms with Crippen molar-refractivity contribution >= 4 is 11.3 Å². The molecule has 106 valence electrons. The SMILES string of the molecule is CC1(c2ccccc2)CN(Cc2cncs2)CCCN1. The summed E-state index contributed by atoms with van der Waals surface area (Å²) in [5, 5.41) is 3.73. The maximum absolute atomic E-state index is 4.18. The maximum Gasteiger partial charge on any atom is 0.0794 e. The molecule has 0 aliphatic carbocycles. The molecule has 1 aliphatic rings. The average molecular weight is 287 g/mol. The molecular formula is C16H21N3S. The Labute approximate surface area is 124 Å². The van der Waals surface area contributed by atoms with E-state index in [0.717, 1.165) is 26.2 Å². The molecule has 1 unspecified atom stereocenters. The normalized spacial score (nSPS) is 24.4. The molecule has 0 radical (unpaired) electrons. The first kappa shape index (κ1) is 13.7. The number of hydrogen-bond acceptors (Lipinski definition) is 4. The van der Waals surface area contributed by atoms with Gasteiger partial charge in [0.05, 0.1) is 11.0 Å². The number of nitrogens with zero attached hydrogens (tertiary/aromatic N) is 2. The molecule has 0 saturated carbocycles. The van der Waals surface area contributed by atoms with E-state index in [2.05, 4.69) is 52.5 Å². The summed E-state index contributed by atoms with van der Waals surface area (Å²) in [5.74, 6) is 0. The van der Waals surface area contributed by atoms with E-state index < -0.39 is 0 Å². The molecule has 1 aliphatic heterocycles. The molecule has 4 heteroatoms. The zero-order valence-electron chi connectivity index (χ0n) is 11.9. The summed E-state index contributed by atoms with van der Waals surface area (Å²) in [6.45, 7) is 6.58. The molecule has 1 fully saturated rings. The van der Waals surface area contributed by atoms with E-state index in [1.807, 2.05) is 11.7 Å². The van der Waals surface area contributed by atoms with Crippen LogP contribution < -0.4 is 5.32 Å². The minimum atomic E-state index is 0.0302. The summed E-state index contributed by atoms with van der Waals surface area (Å²) in [5.41, 5.74) is 3.32. The van der Waals surface area contributed by atoms with Gasteiger partial charge in [-0.15, -0.1) is 11.3 Å². The lowest BCUT2D eigenvalue weighted by Crippen LogP contribution is -2.46. The van der Waals surface area contributed by atoms with Crippen molar-refractivity contribution in [1.29, 1.82) is 0 Å². The van der Waals surface area contributed by atoms with E-state index in [0.29, 0.717) is 0 Å². The van der Waals surface area contributed by atoms with Crippen LogP contribution in [-0.4, -0.2) is 29.5 Å². The van der Waals surface area contributed by atoms with Gasteiger partial charge in [0.15, 0.2) is 0 Å². The molecule has 1 saturated heterocycles. The molecule has 2 aromatic rings. The monoisotopic (exact) mass is 287 g/mol. The lowest BCUT2D eigenvalue weighted by atomic mass is 9.91. The Kier molecular flexibility index (Phi) is 4.15. The first-order valence-corrected chi connectivity index (χ1v) is 8.04. The Hall–Kier alpha value is -1.23. The topological polar surface area (TPSA) is 28.2 Å². The Balaban J connectivity index is 1.78. The highest BCUT2D eigenvalue weighted by molar-refractivity contribution is 7.09. The third-order valence-corrected chi connectivity index (χ3v) is 4.74. The largest absolute Gasteiger partial charge is 0.307 e. The molecule has 0 amide bonds. The summed E-state index contributed by atoms with van der Waals surface area (Å²) in [7, 11) is 0. The van der Waals surface area contributed by atoms with Crippen LogP contribution in [0.2, 0.25) is 0 Å². The quantitative estimate of drug-likeness (QED) is 0.941. The van der Waals surface area contributed by atoms with E-state index >= 15 is 0 Å². The van der Waals surface area contributed by atoms with Crippen LogP contribution >= 0.6 is 11.3 Å². The van der Waals surface area contributed by atoms with Crippen molar-refractivity contribution in [2.45, 2.75) is 25.4 Å². The van der Waals surface area contributed by atoms with E-state index in [9.17, 15) is 0 Å². The minimum absolute atomic E-state index is 0.0302. The summed E-state index contributed by atoms with van der Waals surface area (Å²) in [4.78, 5) is 8.07. The number of thiazole rings is 1. The highest BCUT2D eigenvalue weighted by atomic mass is 32.1. The fourth-order valence-electron chi connectivity index (χ4n) is 2.92. The van der Waals surface area contributed by atoms with Crippen LogP contribution in [0.1, 0.15) is 23.8 Å². The fourth-order valence-corrected chi connectivity index (χ4v) is 3.56. The summed E-state index contributed by atoms with van der Waals surface area (Å²) >= 11 is 1.75. The van der Waals surface area contributed by atoms with Crippen molar-refractivity contribution < 1.29 is 0 Å². The highest BCUT2D eigenvalue weighted by Gasteiger charge is 2.30. The second kappa shape index (κ2) is 6.04. The lowest BCUT2D eigenvalue weighted by Gasteiger charge is -2.34. The van der Waals surface area contributed by atoms with Gasteiger partial charge in [0.2, 0.25) is 0 Å². The second-order valence-corrected chi connectivity index (χ2v) is 6.63. The predicted octanol–water partition coefficient (Wildman–Crippen LogP) is 2.85. The lowest BCUT2D eigenvalue weighted by molar-refractivity contribution is 0.215. The number of aromatic nitrogens is 1. The van der Waals surface area contributed by atoms with Crippen LogP contribution in [0.15, 0.2) is 42.0 Å². The molecule has 1 aromatic carbocycles. The van der Waals surface area contributed by atoms with Crippen molar-refractivity contribution in [3.8, 4) is 0 Å². The third kappa shape index (κ3) is 3.08. The zero-order chi connectivity index (χ0) is 13.8. The van der Waals surface area contributed by atoms with Gasteiger partial charge >= 0.3 is 0 Å². The van der Waals surface area contributed by atoms with Crippen molar-refractivity contribution in [3.05, 3.63) is 52.5 Å². The van der Waals surface area contributed by atoms with Gasteiger partial charge < -0.3 is 5.32 Å². The van der Waals surface area contributed by atoms with Crippen LogP contribution in [0, 0.1) is 0 Å². The number of nitrogens with one attached hydrogen (secondary N) is 1. The molecule has 1 N–H and O–H groups in total. The molecule has 0 spiro atoms. The standard InChI is InChI=1S/C16H21N3S/c1-16(14-6-3-2-4-7-14)12-19(9-5-8-18-16)11-15-10-17-13-20-15/h2-4,6-7,10,13,18H,5,8-9,11-12H2,1H3. The Morgan fingerprint density at radius 1 is 1.35 bits per heavy atom. The molecule has 1 aromatic heterocycles. The van der Waals surface area contributed by atoms with Crippen LogP contribution in [0.3, 0.4) is 0 Å². The average Bonchev–Trinajstić information content (AvgIpc) is 2.90. The Morgan fingerprint density at radius 2 is 2.20 bits per heavy atom. The minimum Gasteiger partial charge on any atom is -0.307 e. The van der Waals surface area contributed by atoms with Crippen molar-refractivity contribution in [3.63, 3.8) is 0 Å². The van der Waals surface area contributed by atoms with Gasteiger partial charge in [-0.05, 0) is 32.0 Å². The molecular weight excluding hydrogens is 266 g/mol. The van der Waals surface area contributed by atoms with E-state index in [-0.39, 0.29) is 5.54 Å². The number of rotatable bonds is 3. The van der Waals surface area contributed by atoms with Crippen molar-refractivity contribution in [2.24, 2.45) is 0 Å². The number of hydrogen-bond donors (Lipinski definition) is 1. The molecule has 20 heavy (non-hydrogen) atoms. The predicted molar refractivity (Wildman–Crippen MR) is 83.8 cm³/mol. The molecule has 3 rings (SSSR count). The second-order valence-electron chi connectivity index (χ2n) is 5.66. The summed E-state index contributed by atoms with van der Waals surface area (Å²) in [6, 6.07) is 10.8. The first-order chi connectivity index (χ1) is 9.76. The van der Waals surface area contributed by atoms with E-state index in [4.69, 9.17) is 0 Å². The van der Waals surface area contributed by atoms with Crippen molar-refractivity contribution in [1.82, 2.24) is 15.2 Å². The van der Waals surface area contributed by atoms with Gasteiger partial charge in [-0.1, -0.05) is 30.3 Å². The smallest absolute Gasteiger partial charge is 0.0794 e. The Bertz CT molecular complexity index is 526. The summed E-state index contributed by atoms with van der Waals surface area (Å²) < 4.78 is 0. The van der Waals surface area contributed by atoms with Gasteiger partial charge in [0, 0.05) is 24.2 Å².